The van der Waals surface area contributed by atoms with Crippen molar-refractivity contribution in [3.05, 3.63) is 60.7 Å². The van der Waals surface area contributed by atoms with Gasteiger partial charge in [-0.05, 0) is 36.4 Å². The second kappa shape index (κ2) is 8.39. The molecular weight excluding hydrogens is 356 g/mol. The first-order valence-corrected chi connectivity index (χ1v) is 9.13. The zero-order valence-corrected chi connectivity index (χ0v) is 15.3. The molecule has 2 aromatic rings. The number of carbonyl (C=O) groups is 1. The third-order valence-corrected chi connectivity index (χ3v) is 4.87. The molecule has 2 rings (SSSR count). The van der Waals surface area contributed by atoms with Crippen LogP contribution in [0.5, 0.6) is 11.5 Å². The van der Waals surface area contributed by atoms with Gasteiger partial charge in [-0.3, -0.25) is 9.52 Å². The molecule has 0 saturated heterocycles. The maximum atomic E-state index is 12.6. The first kappa shape index (κ1) is 19.3. The maximum Gasteiger partial charge on any atom is 0.262 e. The van der Waals surface area contributed by atoms with Gasteiger partial charge in [-0.1, -0.05) is 6.08 Å². The Labute approximate surface area is 152 Å². The lowest BCUT2D eigenvalue weighted by atomic mass is 10.2. The number of rotatable bonds is 8. The van der Waals surface area contributed by atoms with E-state index in [1.165, 1.54) is 44.6 Å². The predicted octanol–water partition coefficient (Wildman–Crippen LogP) is 2.42. The van der Waals surface area contributed by atoms with Crippen molar-refractivity contribution >= 4 is 21.6 Å². The first-order valence-electron chi connectivity index (χ1n) is 7.65. The Kier molecular flexibility index (Phi) is 6.24. The Morgan fingerprint density at radius 2 is 1.81 bits per heavy atom. The van der Waals surface area contributed by atoms with Gasteiger partial charge in [-0.2, -0.15) is 0 Å². The minimum Gasteiger partial charge on any atom is -0.497 e. The van der Waals surface area contributed by atoms with Gasteiger partial charge in [0.05, 0.1) is 24.8 Å². The number of methoxy groups -OCH3 is 2. The molecule has 7 nitrogen and oxygen atoms in total. The molecule has 26 heavy (non-hydrogen) atoms. The fourth-order valence-corrected chi connectivity index (χ4v) is 3.21. The summed E-state index contributed by atoms with van der Waals surface area (Å²) in [6.07, 6.45) is 1.56. The van der Waals surface area contributed by atoms with Gasteiger partial charge >= 0.3 is 0 Å². The van der Waals surface area contributed by atoms with Gasteiger partial charge in [0.2, 0.25) is 0 Å². The quantitative estimate of drug-likeness (QED) is 0.690. The van der Waals surface area contributed by atoms with Gasteiger partial charge in [0.25, 0.3) is 15.9 Å². The Balaban J connectivity index is 2.25. The number of hydrogen-bond acceptors (Lipinski definition) is 5. The van der Waals surface area contributed by atoms with Crippen molar-refractivity contribution in [2.75, 3.05) is 25.5 Å². The van der Waals surface area contributed by atoms with Crippen LogP contribution in [0.15, 0.2) is 60.0 Å². The number of amides is 1. The van der Waals surface area contributed by atoms with Crippen molar-refractivity contribution in [3.63, 3.8) is 0 Å². The van der Waals surface area contributed by atoms with E-state index in [-0.39, 0.29) is 16.5 Å². The molecule has 0 aliphatic rings. The Hall–Kier alpha value is -3.00. The number of anilines is 1. The molecule has 0 spiro atoms. The van der Waals surface area contributed by atoms with Crippen LogP contribution in [0.4, 0.5) is 5.69 Å². The third kappa shape index (κ3) is 4.54. The molecule has 1 amide bonds. The van der Waals surface area contributed by atoms with E-state index in [2.05, 4.69) is 16.6 Å². The number of nitrogens with one attached hydrogen (secondary N) is 2. The zero-order valence-electron chi connectivity index (χ0n) is 14.5. The molecular formula is C18H20N2O5S. The lowest BCUT2D eigenvalue weighted by molar-refractivity contribution is 0.0958. The summed E-state index contributed by atoms with van der Waals surface area (Å²) in [7, 11) is -0.941. The lowest BCUT2D eigenvalue weighted by Crippen LogP contribution is -2.23. The smallest absolute Gasteiger partial charge is 0.262 e. The highest BCUT2D eigenvalue weighted by molar-refractivity contribution is 7.92. The fourth-order valence-electron chi connectivity index (χ4n) is 2.15. The molecule has 0 unspecified atom stereocenters. The predicted molar refractivity (Wildman–Crippen MR) is 99.3 cm³/mol. The van der Waals surface area contributed by atoms with Crippen molar-refractivity contribution in [2.24, 2.45) is 0 Å². The van der Waals surface area contributed by atoms with Gasteiger partial charge in [0.15, 0.2) is 0 Å². The molecule has 0 fully saturated rings. The average Bonchev–Trinajstić information content (AvgIpc) is 2.65. The summed E-state index contributed by atoms with van der Waals surface area (Å²) in [4.78, 5) is 11.9. The van der Waals surface area contributed by atoms with Crippen LogP contribution in [0.3, 0.4) is 0 Å². The summed E-state index contributed by atoms with van der Waals surface area (Å²) in [6, 6.07) is 10.4. The van der Waals surface area contributed by atoms with Crippen molar-refractivity contribution in [1.82, 2.24) is 5.32 Å². The van der Waals surface area contributed by atoms with Crippen LogP contribution in [0, 0.1) is 0 Å². The molecule has 0 heterocycles. The van der Waals surface area contributed by atoms with Crippen LogP contribution in [-0.4, -0.2) is 35.1 Å². The molecule has 0 bridgehead atoms. The Morgan fingerprint density at radius 3 is 2.38 bits per heavy atom. The third-order valence-electron chi connectivity index (χ3n) is 3.48. The SMILES string of the molecule is C=CCNC(=O)c1ccc(S(=O)(=O)Nc2cc(OC)ccc2OC)cc1. The van der Waals surface area contributed by atoms with E-state index in [4.69, 9.17) is 9.47 Å². The van der Waals surface area contributed by atoms with Crippen LogP contribution < -0.4 is 19.5 Å². The van der Waals surface area contributed by atoms with Crippen LogP contribution in [0.2, 0.25) is 0 Å². The van der Waals surface area contributed by atoms with E-state index in [9.17, 15) is 13.2 Å². The van der Waals surface area contributed by atoms with Crippen molar-refractivity contribution in [1.29, 1.82) is 0 Å². The van der Waals surface area contributed by atoms with Crippen molar-refractivity contribution in [2.45, 2.75) is 4.90 Å². The normalized spacial score (nSPS) is 10.7. The molecule has 0 aliphatic carbocycles. The maximum absolute atomic E-state index is 12.6. The van der Waals surface area contributed by atoms with Crippen molar-refractivity contribution in [3.8, 4) is 11.5 Å². The number of sulfonamides is 1. The summed E-state index contributed by atoms with van der Waals surface area (Å²) in [5, 5.41) is 2.62. The standard InChI is InChI=1S/C18H20N2O5S/c1-4-11-19-18(21)13-5-8-15(9-6-13)26(22,23)20-16-12-14(24-2)7-10-17(16)25-3/h4-10,12,20H,1,11H2,2-3H3,(H,19,21). The van der Waals surface area contributed by atoms with Crippen LogP contribution >= 0.6 is 0 Å². The summed E-state index contributed by atoms with van der Waals surface area (Å²) in [5.41, 5.74) is 0.601. The second-order valence-electron chi connectivity index (χ2n) is 5.19. The minimum atomic E-state index is -3.86. The van der Waals surface area contributed by atoms with E-state index in [0.29, 0.717) is 23.6 Å². The fraction of sp³-hybridized carbons (Fsp3) is 0.167. The molecule has 0 saturated carbocycles. The summed E-state index contributed by atoms with van der Waals surface area (Å²) < 4.78 is 37.9. The molecule has 2 aromatic carbocycles. The van der Waals surface area contributed by atoms with E-state index in [1.807, 2.05) is 0 Å². The second-order valence-corrected chi connectivity index (χ2v) is 6.88. The number of hydrogen-bond donors (Lipinski definition) is 2. The van der Waals surface area contributed by atoms with Crippen LogP contribution in [0.25, 0.3) is 0 Å². The molecule has 0 atom stereocenters. The van der Waals surface area contributed by atoms with Crippen LogP contribution in [-0.2, 0) is 10.0 Å². The molecule has 0 aliphatic heterocycles. The number of benzene rings is 2. The van der Waals surface area contributed by atoms with Crippen LogP contribution in [0.1, 0.15) is 10.4 Å². The lowest BCUT2D eigenvalue weighted by Gasteiger charge is -2.13. The largest absolute Gasteiger partial charge is 0.497 e. The van der Waals surface area contributed by atoms with E-state index < -0.39 is 10.0 Å². The van der Waals surface area contributed by atoms with Gasteiger partial charge in [0.1, 0.15) is 11.5 Å². The van der Waals surface area contributed by atoms with E-state index in [1.54, 1.807) is 18.2 Å². The Bertz CT molecular complexity index is 892. The molecule has 2 N–H and O–H groups in total. The zero-order chi connectivity index (χ0) is 19.2. The first-order chi connectivity index (χ1) is 12.4. The van der Waals surface area contributed by atoms with E-state index in [0.717, 1.165) is 0 Å². The molecule has 0 radical (unpaired) electrons. The van der Waals surface area contributed by atoms with Crippen molar-refractivity contribution < 1.29 is 22.7 Å². The van der Waals surface area contributed by atoms with E-state index >= 15 is 0 Å². The highest BCUT2D eigenvalue weighted by atomic mass is 32.2. The monoisotopic (exact) mass is 376 g/mol. The number of carbonyl (C=O) groups excluding carboxylic acids is 1. The molecule has 8 heteroatoms. The van der Waals surface area contributed by atoms with Gasteiger partial charge < -0.3 is 14.8 Å². The number of ether oxygens (including phenoxy) is 2. The minimum absolute atomic E-state index is 0.0163. The van der Waals surface area contributed by atoms with Gasteiger partial charge in [0, 0.05) is 18.2 Å². The van der Waals surface area contributed by atoms with Gasteiger partial charge in [-0.15, -0.1) is 6.58 Å². The highest BCUT2D eigenvalue weighted by Crippen LogP contribution is 2.30. The summed E-state index contributed by atoms with van der Waals surface area (Å²) in [6.45, 7) is 3.85. The summed E-state index contributed by atoms with van der Waals surface area (Å²) >= 11 is 0. The topological polar surface area (TPSA) is 93.7 Å². The Morgan fingerprint density at radius 1 is 1.12 bits per heavy atom. The summed E-state index contributed by atoms with van der Waals surface area (Å²) in [5.74, 6) is 0.531. The average molecular weight is 376 g/mol. The highest BCUT2D eigenvalue weighted by Gasteiger charge is 2.18. The molecule has 0 aromatic heterocycles. The molecule has 138 valence electrons. The van der Waals surface area contributed by atoms with Gasteiger partial charge in [-0.25, -0.2) is 8.42 Å².